The number of anilines is 1. The van der Waals surface area contributed by atoms with Crippen LogP contribution >= 0.6 is 11.6 Å². The quantitative estimate of drug-likeness (QED) is 0.770. The molecule has 3 rings (SSSR count). The van der Waals surface area contributed by atoms with Crippen molar-refractivity contribution < 1.29 is 19.1 Å². The zero-order valence-corrected chi connectivity index (χ0v) is 16.3. The number of likely N-dealkylation sites (N-methyl/N-ethyl adjacent to an activating group) is 1. The second-order valence-corrected chi connectivity index (χ2v) is 6.86. The molecule has 2 aromatic rings. The first-order chi connectivity index (χ1) is 13.4. The minimum atomic E-state index is -0.302. The largest absolute Gasteiger partial charge is 0.497 e. The van der Waals surface area contributed by atoms with Gasteiger partial charge in [-0.1, -0.05) is 17.7 Å². The van der Waals surface area contributed by atoms with Crippen molar-refractivity contribution in [3.63, 3.8) is 0 Å². The summed E-state index contributed by atoms with van der Waals surface area (Å²) < 4.78 is 5.12. The lowest BCUT2D eigenvalue weighted by Gasteiger charge is -2.22. The van der Waals surface area contributed by atoms with Crippen LogP contribution in [0.25, 0.3) is 0 Å². The SMILES string of the molecule is COc1cccc(C(=O)N(C)CC(=O)N2CC(=O)N(c3ccc(Cl)cc3)C2)c1. The van der Waals surface area contributed by atoms with Gasteiger partial charge in [0.2, 0.25) is 11.8 Å². The van der Waals surface area contributed by atoms with Gasteiger partial charge in [0.05, 0.1) is 13.7 Å². The van der Waals surface area contributed by atoms with Gasteiger partial charge in [-0.05, 0) is 42.5 Å². The Morgan fingerprint density at radius 1 is 1.18 bits per heavy atom. The van der Waals surface area contributed by atoms with Gasteiger partial charge in [-0.15, -0.1) is 0 Å². The maximum absolute atomic E-state index is 12.6. The van der Waals surface area contributed by atoms with E-state index < -0.39 is 0 Å². The fourth-order valence-electron chi connectivity index (χ4n) is 2.91. The van der Waals surface area contributed by atoms with E-state index in [0.717, 1.165) is 0 Å². The van der Waals surface area contributed by atoms with Gasteiger partial charge >= 0.3 is 0 Å². The highest BCUT2D eigenvalue weighted by Gasteiger charge is 2.32. The zero-order chi connectivity index (χ0) is 20.3. The summed E-state index contributed by atoms with van der Waals surface area (Å²) in [6.07, 6.45) is 0. The summed E-state index contributed by atoms with van der Waals surface area (Å²) >= 11 is 5.88. The van der Waals surface area contributed by atoms with E-state index >= 15 is 0 Å². The van der Waals surface area contributed by atoms with E-state index in [1.165, 1.54) is 21.8 Å². The summed E-state index contributed by atoms with van der Waals surface area (Å²) in [6.45, 7) is -0.0130. The van der Waals surface area contributed by atoms with Crippen molar-refractivity contribution in [2.24, 2.45) is 0 Å². The number of carbonyl (C=O) groups excluding carboxylic acids is 3. The highest BCUT2D eigenvalue weighted by Crippen LogP contribution is 2.22. The van der Waals surface area contributed by atoms with E-state index in [2.05, 4.69) is 0 Å². The molecular formula is C20H20ClN3O4. The van der Waals surface area contributed by atoms with Gasteiger partial charge in [0.25, 0.3) is 5.91 Å². The molecule has 0 aromatic heterocycles. The third-order valence-electron chi connectivity index (χ3n) is 4.47. The second kappa shape index (κ2) is 8.31. The maximum atomic E-state index is 12.6. The van der Waals surface area contributed by atoms with Gasteiger partial charge < -0.3 is 14.5 Å². The van der Waals surface area contributed by atoms with Crippen molar-refractivity contribution in [2.75, 3.05) is 38.8 Å². The summed E-state index contributed by atoms with van der Waals surface area (Å²) in [6, 6.07) is 13.6. The first-order valence-electron chi connectivity index (χ1n) is 8.62. The lowest BCUT2D eigenvalue weighted by atomic mass is 10.2. The molecule has 8 heteroatoms. The Kier molecular flexibility index (Phi) is 5.84. The van der Waals surface area contributed by atoms with E-state index in [1.807, 2.05) is 0 Å². The molecule has 1 aliphatic rings. The molecule has 0 spiro atoms. The number of benzene rings is 2. The predicted octanol–water partition coefficient (Wildman–Crippen LogP) is 2.25. The predicted molar refractivity (Wildman–Crippen MR) is 105 cm³/mol. The smallest absolute Gasteiger partial charge is 0.254 e. The van der Waals surface area contributed by atoms with Crippen molar-refractivity contribution in [2.45, 2.75) is 0 Å². The van der Waals surface area contributed by atoms with E-state index in [0.29, 0.717) is 22.0 Å². The number of ether oxygens (including phenoxy) is 1. The molecule has 0 saturated carbocycles. The highest BCUT2D eigenvalue weighted by atomic mass is 35.5. The summed E-state index contributed by atoms with van der Waals surface area (Å²) in [5, 5.41) is 0.570. The Hall–Kier alpha value is -3.06. The van der Waals surface area contributed by atoms with Gasteiger partial charge in [-0.3, -0.25) is 19.3 Å². The maximum Gasteiger partial charge on any atom is 0.254 e. The average molecular weight is 402 g/mol. The third kappa shape index (κ3) is 4.26. The van der Waals surface area contributed by atoms with Crippen LogP contribution in [-0.4, -0.2) is 61.4 Å². The van der Waals surface area contributed by atoms with E-state index in [4.69, 9.17) is 16.3 Å². The van der Waals surface area contributed by atoms with Crippen LogP contribution in [0.1, 0.15) is 10.4 Å². The average Bonchev–Trinajstić information content (AvgIpc) is 3.09. The first-order valence-corrected chi connectivity index (χ1v) is 9.00. The molecule has 146 valence electrons. The monoisotopic (exact) mass is 401 g/mol. The van der Waals surface area contributed by atoms with Crippen LogP contribution in [0, 0.1) is 0 Å². The number of rotatable bonds is 5. The normalized spacial score (nSPS) is 13.6. The topological polar surface area (TPSA) is 70.2 Å². The van der Waals surface area contributed by atoms with Crippen molar-refractivity contribution in [3.05, 3.63) is 59.1 Å². The van der Waals surface area contributed by atoms with E-state index in [9.17, 15) is 14.4 Å². The lowest BCUT2D eigenvalue weighted by molar-refractivity contribution is -0.132. The number of methoxy groups -OCH3 is 1. The number of hydrogen-bond donors (Lipinski definition) is 0. The Morgan fingerprint density at radius 2 is 1.89 bits per heavy atom. The Bertz CT molecular complexity index is 901. The molecule has 0 N–H and O–H groups in total. The molecule has 28 heavy (non-hydrogen) atoms. The van der Waals surface area contributed by atoms with Crippen LogP contribution in [0.2, 0.25) is 5.02 Å². The molecule has 1 fully saturated rings. The van der Waals surface area contributed by atoms with Gasteiger partial charge in [0.1, 0.15) is 19.0 Å². The van der Waals surface area contributed by atoms with Crippen molar-refractivity contribution in [1.82, 2.24) is 9.80 Å². The van der Waals surface area contributed by atoms with Crippen LogP contribution in [0.3, 0.4) is 0 Å². The van der Waals surface area contributed by atoms with Crippen LogP contribution in [0.4, 0.5) is 5.69 Å². The van der Waals surface area contributed by atoms with Crippen molar-refractivity contribution in [3.8, 4) is 5.75 Å². The summed E-state index contributed by atoms with van der Waals surface area (Å²) in [5.74, 6) is -0.220. The Balaban J connectivity index is 1.63. The summed E-state index contributed by atoms with van der Waals surface area (Å²) in [7, 11) is 3.07. The number of amides is 3. The molecule has 0 unspecified atom stereocenters. The van der Waals surface area contributed by atoms with Gasteiger partial charge in [-0.2, -0.15) is 0 Å². The highest BCUT2D eigenvalue weighted by molar-refractivity contribution is 6.30. The van der Waals surface area contributed by atoms with Gasteiger partial charge in [0.15, 0.2) is 0 Å². The minimum absolute atomic E-state index is 0.0251. The third-order valence-corrected chi connectivity index (χ3v) is 4.72. The fourth-order valence-corrected chi connectivity index (χ4v) is 3.04. The molecule has 3 amide bonds. The van der Waals surface area contributed by atoms with E-state index in [-0.39, 0.29) is 37.5 Å². The van der Waals surface area contributed by atoms with Crippen molar-refractivity contribution in [1.29, 1.82) is 0 Å². The summed E-state index contributed by atoms with van der Waals surface area (Å²) in [4.78, 5) is 41.7. The van der Waals surface area contributed by atoms with Crippen LogP contribution in [-0.2, 0) is 9.59 Å². The number of nitrogens with zero attached hydrogens (tertiary/aromatic N) is 3. The summed E-state index contributed by atoms with van der Waals surface area (Å²) in [5.41, 5.74) is 1.10. The molecule has 1 aliphatic heterocycles. The molecule has 1 heterocycles. The Morgan fingerprint density at radius 3 is 2.57 bits per heavy atom. The zero-order valence-electron chi connectivity index (χ0n) is 15.6. The van der Waals surface area contributed by atoms with E-state index in [1.54, 1.807) is 55.6 Å². The molecule has 2 aromatic carbocycles. The minimum Gasteiger partial charge on any atom is -0.497 e. The fraction of sp³-hybridized carbons (Fsp3) is 0.250. The van der Waals surface area contributed by atoms with Crippen LogP contribution < -0.4 is 9.64 Å². The molecule has 0 radical (unpaired) electrons. The number of carbonyl (C=O) groups is 3. The molecular weight excluding hydrogens is 382 g/mol. The number of halogens is 1. The van der Waals surface area contributed by atoms with Gasteiger partial charge in [0, 0.05) is 23.3 Å². The molecule has 1 saturated heterocycles. The second-order valence-electron chi connectivity index (χ2n) is 6.42. The first kappa shape index (κ1) is 19.7. The van der Waals surface area contributed by atoms with Gasteiger partial charge in [-0.25, -0.2) is 0 Å². The lowest BCUT2D eigenvalue weighted by Crippen LogP contribution is -2.40. The molecule has 7 nitrogen and oxygen atoms in total. The standard InChI is InChI=1S/C20H20ClN3O4/c1-22(20(27)14-4-3-5-17(10-14)28-2)11-18(25)23-12-19(26)24(13-23)16-8-6-15(21)7-9-16/h3-10H,11-13H2,1-2H3. The van der Waals surface area contributed by atoms with Crippen LogP contribution in [0.15, 0.2) is 48.5 Å². The molecule has 0 bridgehead atoms. The van der Waals surface area contributed by atoms with Crippen molar-refractivity contribution >= 4 is 35.0 Å². The number of hydrogen-bond acceptors (Lipinski definition) is 4. The molecule has 0 aliphatic carbocycles. The van der Waals surface area contributed by atoms with Crippen LogP contribution in [0.5, 0.6) is 5.75 Å². The molecule has 0 atom stereocenters. The Labute approximate surface area is 168 Å².